The molecule has 0 atom stereocenters. The minimum atomic E-state index is 0.511. The van der Waals surface area contributed by atoms with Gasteiger partial charge in [0, 0.05) is 0 Å². The highest BCUT2D eigenvalue weighted by Gasteiger charge is 2.03. The van der Waals surface area contributed by atoms with E-state index in [1.165, 1.54) is 11.3 Å². The second kappa shape index (κ2) is 2.39. The monoisotopic (exact) mass is 165 g/mol. The van der Waals surface area contributed by atoms with Crippen molar-refractivity contribution in [3.8, 4) is 11.5 Å². The van der Waals surface area contributed by atoms with Crippen molar-refractivity contribution in [2.45, 2.75) is 0 Å². The number of anilines is 1. The molecular formula is C7H5N2OS. The summed E-state index contributed by atoms with van der Waals surface area (Å²) in [6.45, 7) is 0. The zero-order chi connectivity index (χ0) is 7.68. The van der Waals surface area contributed by atoms with E-state index in [1.807, 2.05) is 6.07 Å². The first-order valence-electron chi connectivity index (χ1n) is 3.04. The first-order valence-corrected chi connectivity index (χ1v) is 3.86. The summed E-state index contributed by atoms with van der Waals surface area (Å²) in [6.07, 6.45) is 1.60. The van der Waals surface area contributed by atoms with Crippen molar-refractivity contribution in [1.82, 2.24) is 4.98 Å². The zero-order valence-electron chi connectivity index (χ0n) is 5.57. The van der Waals surface area contributed by atoms with Crippen LogP contribution in [0, 0.1) is 5.38 Å². The minimum absolute atomic E-state index is 0.511. The summed E-state index contributed by atoms with van der Waals surface area (Å²) >= 11 is 1.28. The molecule has 0 saturated carbocycles. The minimum Gasteiger partial charge on any atom is -0.463 e. The van der Waals surface area contributed by atoms with Crippen LogP contribution in [0.1, 0.15) is 0 Å². The fraction of sp³-hybridized carbons (Fsp3) is 0. The molecule has 2 rings (SSSR count). The Balaban J connectivity index is 2.45. The van der Waals surface area contributed by atoms with E-state index in [1.54, 1.807) is 12.3 Å². The fourth-order valence-corrected chi connectivity index (χ4v) is 1.26. The Morgan fingerprint density at radius 3 is 3.09 bits per heavy atom. The number of hydrogen-bond acceptors (Lipinski definition) is 4. The summed E-state index contributed by atoms with van der Waals surface area (Å²) in [5.41, 5.74) is 6.10. The molecule has 0 aliphatic rings. The van der Waals surface area contributed by atoms with Gasteiger partial charge in [-0.1, -0.05) is 11.3 Å². The van der Waals surface area contributed by atoms with Gasteiger partial charge in [-0.2, -0.15) is 0 Å². The maximum atomic E-state index is 5.42. The van der Waals surface area contributed by atoms with Crippen LogP contribution in [0.5, 0.6) is 0 Å². The van der Waals surface area contributed by atoms with Gasteiger partial charge in [0.25, 0.3) is 0 Å². The van der Waals surface area contributed by atoms with Crippen molar-refractivity contribution in [2.75, 3.05) is 5.73 Å². The largest absolute Gasteiger partial charge is 0.463 e. The van der Waals surface area contributed by atoms with E-state index in [2.05, 4.69) is 10.4 Å². The van der Waals surface area contributed by atoms with Crippen LogP contribution in [0.2, 0.25) is 0 Å². The Bertz CT molecular complexity index is 339. The van der Waals surface area contributed by atoms with Crippen LogP contribution in [0.25, 0.3) is 11.5 Å². The molecule has 0 unspecified atom stereocenters. The van der Waals surface area contributed by atoms with Crippen molar-refractivity contribution in [3.63, 3.8) is 0 Å². The van der Waals surface area contributed by atoms with Gasteiger partial charge in [-0.15, -0.1) is 0 Å². The van der Waals surface area contributed by atoms with Gasteiger partial charge in [0.15, 0.2) is 10.9 Å². The number of nitrogen functional groups attached to an aromatic ring is 1. The number of hydrogen-bond donors (Lipinski definition) is 1. The van der Waals surface area contributed by atoms with E-state index in [0.29, 0.717) is 16.6 Å². The number of rotatable bonds is 1. The van der Waals surface area contributed by atoms with E-state index in [4.69, 9.17) is 10.2 Å². The molecule has 2 aromatic rings. The van der Waals surface area contributed by atoms with Crippen LogP contribution in [0.15, 0.2) is 22.8 Å². The summed E-state index contributed by atoms with van der Waals surface area (Å²) in [5, 5.41) is 3.43. The quantitative estimate of drug-likeness (QED) is 0.700. The molecule has 55 valence electrons. The van der Waals surface area contributed by atoms with E-state index in [0.717, 1.165) is 0 Å². The first kappa shape index (κ1) is 6.42. The van der Waals surface area contributed by atoms with Gasteiger partial charge in [0.05, 0.1) is 11.6 Å². The van der Waals surface area contributed by atoms with Crippen molar-refractivity contribution in [2.24, 2.45) is 0 Å². The lowest BCUT2D eigenvalue weighted by molar-refractivity contribution is 0.580. The molecule has 2 aromatic heterocycles. The van der Waals surface area contributed by atoms with Crippen molar-refractivity contribution >= 4 is 16.5 Å². The molecule has 0 amide bonds. The Kier molecular flexibility index (Phi) is 1.40. The highest BCUT2D eigenvalue weighted by molar-refractivity contribution is 7.13. The molecule has 0 aliphatic heterocycles. The van der Waals surface area contributed by atoms with Crippen LogP contribution in [-0.2, 0) is 0 Å². The Morgan fingerprint density at radius 1 is 1.64 bits per heavy atom. The maximum Gasteiger partial charge on any atom is 0.181 e. The molecule has 11 heavy (non-hydrogen) atoms. The molecule has 0 aliphatic carbocycles. The number of nitrogens with zero attached hydrogens (tertiary/aromatic N) is 1. The molecule has 1 radical (unpaired) electrons. The molecule has 4 heteroatoms. The third-order valence-corrected chi connectivity index (χ3v) is 1.82. The second-order valence-corrected chi connectivity index (χ2v) is 2.81. The van der Waals surface area contributed by atoms with Gasteiger partial charge in [-0.25, -0.2) is 4.98 Å². The van der Waals surface area contributed by atoms with E-state index < -0.39 is 0 Å². The van der Waals surface area contributed by atoms with E-state index in [-0.39, 0.29) is 0 Å². The molecule has 0 saturated heterocycles. The average molecular weight is 165 g/mol. The molecule has 0 fully saturated rings. The Hall–Kier alpha value is -1.29. The predicted octanol–water partition coefficient (Wildman–Crippen LogP) is 1.79. The summed E-state index contributed by atoms with van der Waals surface area (Å²) in [4.78, 5) is 4.00. The third kappa shape index (κ3) is 1.12. The van der Waals surface area contributed by atoms with E-state index >= 15 is 0 Å². The van der Waals surface area contributed by atoms with Crippen LogP contribution < -0.4 is 5.73 Å². The summed E-state index contributed by atoms with van der Waals surface area (Å²) in [5.74, 6) is 0.706. The lowest BCUT2D eigenvalue weighted by atomic mass is 10.4. The van der Waals surface area contributed by atoms with Gasteiger partial charge >= 0.3 is 0 Å². The van der Waals surface area contributed by atoms with Crippen molar-refractivity contribution < 1.29 is 4.42 Å². The predicted molar refractivity (Wildman–Crippen MR) is 43.1 cm³/mol. The number of aromatic nitrogens is 1. The molecule has 2 heterocycles. The fourth-order valence-electron chi connectivity index (χ4n) is 0.775. The zero-order valence-corrected chi connectivity index (χ0v) is 6.39. The molecule has 3 nitrogen and oxygen atoms in total. The number of nitrogens with two attached hydrogens (primary N) is 1. The smallest absolute Gasteiger partial charge is 0.181 e. The third-order valence-electron chi connectivity index (χ3n) is 1.23. The second-order valence-electron chi connectivity index (χ2n) is 1.98. The highest BCUT2D eigenvalue weighted by atomic mass is 32.1. The van der Waals surface area contributed by atoms with Gasteiger partial charge < -0.3 is 10.2 Å². The molecular weight excluding hydrogens is 160 g/mol. The molecule has 0 spiro atoms. The topological polar surface area (TPSA) is 52.0 Å². The Morgan fingerprint density at radius 2 is 2.55 bits per heavy atom. The molecule has 0 aromatic carbocycles. The van der Waals surface area contributed by atoms with Gasteiger partial charge in [-0.3, -0.25) is 0 Å². The summed E-state index contributed by atoms with van der Waals surface area (Å²) in [6, 6.07) is 3.63. The normalized spacial score (nSPS) is 10.2. The van der Waals surface area contributed by atoms with Crippen molar-refractivity contribution in [1.29, 1.82) is 0 Å². The summed E-state index contributed by atoms with van der Waals surface area (Å²) in [7, 11) is 0. The number of thiazole rings is 1. The number of furan rings is 1. The van der Waals surface area contributed by atoms with Crippen LogP contribution >= 0.6 is 11.3 Å². The van der Waals surface area contributed by atoms with Gasteiger partial charge in [0.1, 0.15) is 5.69 Å². The SMILES string of the molecule is Nc1nc(-c2ccco2)[c]s1. The highest BCUT2D eigenvalue weighted by Crippen LogP contribution is 2.21. The standard InChI is InChI=1S/C7H5N2OS/c8-7-9-5(4-11-7)6-2-1-3-10-6/h1-3H,(H2,8,9). The first-order chi connectivity index (χ1) is 5.36. The van der Waals surface area contributed by atoms with Crippen molar-refractivity contribution in [3.05, 3.63) is 23.8 Å². The molecule has 0 bridgehead atoms. The maximum absolute atomic E-state index is 5.42. The lowest BCUT2D eigenvalue weighted by Crippen LogP contribution is -1.81. The van der Waals surface area contributed by atoms with Crippen LogP contribution in [0.3, 0.4) is 0 Å². The van der Waals surface area contributed by atoms with Gasteiger partial charge in [-0.05, 0) is 12.1 Å². The van der Waals surface area contributed by atoms with Crippen LogP contribution in [0.4, 0.5) is 5.13 Å². The van der Waals surface area contributed by atoms with E-state index in [9.17, 15) is 0 Å². The Labute approximate surface area is 67.5 Å². The lowest BCUT2D eigenvalue weighted by Gasteiger charge is -1.84. The molecule has 2 N–H and O–H groups in total. The summed E-state index contributed by atoms with van der Waals surface area (Å²) < 4.78 is 5.09. The van der Waals surface area contributed by atoms with Crippen LogP contribution in [-0.4, -0.2) is 4.98 Å². The van der Waals surface area contributed by atoms with Gasteiger partial charge in [0.2, 0.25) is 0 Å². The average Bonchev–Trinajstić information content (AvgIpc) is 2.55.